The number of fused-ring (bicyclic) bond motifs is 1. The SMILES string of the molecule is COc1ncnc(C2CC2)c1-c1ncc2cnn(Cc3ccc(-c4nc(C)nn4C)cc3)c2n1. The summed E-state index contributed by atoms with van der Waals surface area (Å²) in [7, 11) is 3.51. The molecule has 6 rings (SSSR count). The Morgan fingerprint density at radius 3 is 2.56 bits per heavy atom. The lowest BCUT2D eigenvalue weighted by Gasteiger charge is -2.11. The Labute approximate surface area is 195 Å². The topological polar surface area (TPSA) is 109 Å². The van der Waals surface area contributed by atoms with Gasteiger partial charge < -0.3 is 4.74 Å². The van der Waals surface area contributed by atoms with E-state index < -0.39 is 0 Å². The maximum absolute atomic E-state index is 5.53. The van der Waals surface area contributed by atoms with Gasteiger partial charge in [0.2, 0.25) is 5.88 Å². The van der Waals surface area contributed by atoms with E-state index in [2.05, 4.69) is 54.4 Å². The second-order valence-corrected chi connectivity index (χ2v) is 8.50. The van der Waals surface area contributed by atoms with Crippen molar-refractivity contribution < 1.29 is 4.74 Å². The average molecular weight is 454 g/mol. The zero-order valence-electron chi connectivity index (χ0n) is 19.2. The summed E-state index contributed by atoms with van der Waals surface area (Å²) in [5.41, 5.74) is 4.60. The highest BCUT2D eigenvalue weighted by atomic mass is 16.5. The van der Waals surface area contributed by atoms with E-state index in [1.165, 1.54) is 0 Å². The summed E-state index contributed by atoms with van der Waals surface area (Å²) in [6.07, 6.45) is 7.35. The first-order valence-corrected chi connectivity index (χ1v) is 11.2. The number of ether oxygens (including phenoxy) is 1. The average Bonchev–Trinajstić information content (AvgIpc) is 3.55. The van der Waals surface area contributed by atoms with Gasteiger partial charge in [0, 0.05) is 24.7 Å². The second kappa shape index (κ2) is 7.98. The molecule has 5 aromatic rings. The van der Waals surface area contributed by atoms with Gasteiger partial charge in [-0.1, -0.05) is 24.3 Å². The van der Waals surface area contributed by atoms with E-state index >= 15 is 0 Å². The standard InChI is InChI=1S/C24H23N9O/c1-14-29-22(32(2)31-14)17-6-4-15(5-7-17)12-33-23-18(11-28-33)10-25-21(30-23)19-20(16-8-9-16)26-13-27-24(19)34-3/h4-7,10-11,13,16H,8-9,12H2,1-3H3. The van der Waals surface area contributed by atoms with Crippen LogP contribution in [0.3, 0.4) is 0 Å². The van der Waals surface area contributed by atoms with Crippen molar-refractivity contribution in [3.8, 4) is 28.7 Å². The lowest BCUT2D eigenvalue weighted by Crippen LogP contribution is -2.05. The highest BCUT2D eigenvalue weighted by Gasteiger charge is 2.31. The Kier molecular flexibility index (Phi) is 4.79. The van der Waals surface area contributed by atoms with Crippen LogP contribution in [0.2, 0.25) is 0 Å². The van der Waals surface area contributed by atoms with Crippen LogP contribution in [0.15, 0.2) is 43.0 Å². The smallest absolute Gasteiger partial charge is 0.227 e. The second-order valence-electron chi connectivity index (χ2n) is 8.50. The number of aryl methyl sites for hydroxylation is 2. The number of aromatic nitrogens is 9. The molecule has 0 spiro atoms. The molecule has 1 aromatic carbocycles. The molecule has 1 aliphatic rings. The predicted molar refractivity (Wildman–Crippen MR) is 125 cm³/mol. The van der Waals surface area contributed by atoms with E-state index in [-0.39, 0.29) is 0 Å². The van der Waals surface area contributed by atoms with Crippen molar-refractivity contribution in [2.75, 3.05) is 7.11 Å². The van der Waals surface area contributed by atoms with Crippen molar-refractivity contribution in [3.05, 3.63) is 60.1 Å². The Morgan fingerprint density at radius 2 is 1.85 bits per heavy atom. The van der Waals surface area contributed by atoms with Crippen molar-refractivity contribution in [2.24, 2.45) is 7.05 Å². The van der Waals surface area contributed by atoms with E-state index in [9.17, 15) is 0 Å². The van der Waals surface area contributed by atoms with Gasteiger partial charge in [-0.25, -0.2) is 34.3 Å². The third-order valence-electron chi connectivity index (χ3n) is 6.01. The molecule has 0 saturated heterocycles. The van der Waals surface area contributed by atoms with Crippen LogP contribution in [0.25, 0.3) is 33.8 Å². The van der Waals surface area contributed by atoms with Crippen LogP contribution in [0.5, 0.6) is 5.88 Å². The largest absolute Gasteiger partial charge is 0.480 e. The first-order chi connectivity index (χ1) is 16.6. The minimum absolute atomic E-state index is 0.410. The number of hydrogen-bond acceptors (Lipinski definition) is 8. The monoisotopic (exact) mass is 453 g/mol. The molecule has 34 heavy (non-hydrogen) atoms. The van der Waals surface area contributed by atoms with Crippen molar-refractivity contribution in [1.29, 1.82) is 0 Å². The minimum Gasteiger partial charge on any atom is -0.480 e. The van der Waals surface area contributed by atoms with E-state index in [4.69, 9.17) is 9.72 Å². The molecule has 1 saturated carbocycles. The number of nitrogens with zero attached hydrogens (tertiary/aromatic N) is 9. The van der Waals surface area contributed by atoms with Crippen molar-refractivity contribution in [2.45, 2.75) is 32.2 Å². The van der Waals surface area contributed by atoms with Gasteiger partial charge in [-0.3, -0.25) is 0 Å². The molecule has 4 aromatic heterocycles. The molecule has 0 aliphatic heterocycles. The first kappa shape index (κ1) is 20.4. The zero-order valence-corrected chi connectivity index (χ0v) is 19.2. The van der Waals surface area contributed by atoms with Gasteiger partial charge in [-0.15, -0.1) is 0 Å². The fourth-order valence-corrected chi connectivity index (χ4v) is 4.21. The van der Waals surface area contributed by atoms with Crippen molar-refractivity contribution >= 4 is 11.0 Å². The van der Waals surface area contributed by atoms with E-state index in [0.29, 0.717) is 24.2 Å². The number of benzene rings is 1. The molecule has 0 unspecified atom stereocenters. The molecule has 0 radical (unpaired) electrons. The van der Waals surface area contributed by atoms with E-state index in [1.54, 1.807) is 30.5 Å². The van der Waals surface area contributed by atoms with Crippen LogP contribution >= 0.6 is 0 Å². The van der Waals surface area contributed by atoms with Crippen LogP contribution in [0.4, 0.5) is 0 Å². The van der Waals surface area contributed by atoms with Crippen molar-refractivity contribution in [1.82, 2.24) is 44.5 Å². The van der Waals surface area contributed by atoms with Gasteiger partial charge in [0.25, 0.3) is 0 Å². The minimum atomic E-state index is 0.410. The van der Waals surface area contributed by atoms with Crippen molar-refractivity contribution in [3.63, 3.8) is 0 Å². The van der Waals surface area contributed by atoms with E-state index in [1.807, 2.05) is 18.7 Å². The molecule has 4 heterocycles. The lowest BCUT2D eigenvalue weighted by molar-refractivity contribution is 0.397. The Bertz CT molecular complexity index is 1500. The number of methoxy groups -OCH3 is 1. The first-order valence-electron chi connectivity index (χ1n) is 11.2. The molecule has 1 aliphatic carbocycles. The molecular weight excluding hydrogens is 430 g/mol. The molecule has 10 nitrogen and oxygen atoms in total. The number of rotatable bonds is 6. The fraction of sp³-hybridized carbons (Fsp3) is 0.292. The fourth-order valence-electron chi connectivity index (χ4n) is 4.21. The highest BCUT2D eigenvalue weighted by Crippen LogP contribution is 2.44. The van der Waals surface area contributed by atoms with Gasteiger partial charge in [0.1, 0.15) is 17.7 Å². The Morgan fingerprint density at radius 1 is 1.03 bits per heavy atom. The maximum Gasteiger partial charge on any atom is 0.227 e. The summed E-state index contributed by atoms with van der Waals surface area (Å²) in [6.45, 7) is 2.47. The van der Waals surface area contributed by atoms with Crippen LogP contribution < -0.4 is 4.74 Å². The summed E-state index contributed by atoms with van der Waals surface area (Å²) >= 11 is 0. The Hall–Kier alpha value is -4.21. The molecule has 0 bridgehead atoms. The van der Waals surface area contributed by atoms with Crippen LogP contribution in [0, 0.1) is 6.92 Å². The molecule has 170 valence electrons. The molecular formula is C24H23N9O. The van der Waals surface area contributed by atoms with E-state index in [0.717, 1.165) is 57.9 Å². The molecule has 10 heteroatoms. The van der Waals surface area contributed by atoms with Gasteiger partial charge in [-0.05, 0) is 25.3 Å². The summed E-state index contributed by atoms with van der Waals surface area (Å²) in [5, 5.41) is 9.77. The summed E-state index contributed by atoms with van der Waals surface area (Å²) in [6, 6.07) is 8.26. The predicted octanol–water partition coefficient (Wildman–Crippen LogP) is 3.32. The van der Waals surface area contributed by atoms with Gasteiger partial charge >= 0.3 is 0 Å². The highest BCUT2D eigenvalue weighted by molar-refractivity contribution is 5.77. The molecule has 0 amide bonds. The van der Waals surface area contributed by atoms with Crippen LogP contribution in [0.1, 0.15) is 35.8 Å². The van der Waals surface area contributed by atoms with Gasteiger partial charge in [0.05, 0.1) is 30.9 Å². The van der Waals surface area contributed by atoms with Gasteiger partial charge in [-0.2, -0.15) is 10.2 Å². The number of hydrogen-bond donors (Lipinski definition) is 0. The van der Waals surface area contributed by atoms with Crippen LogP contribution in [-0.4, -0.2) is 51.6 Å². The quantitative estimate of drug-likeness (QED) is 0.385. The summed E-state index contributed by atoms with van der Waals surface area (Å²) < 4.78 is 9.21. The third-order valence-corrected chi connectivity index (χ3v) is 6.01. The molecule has 1 fully saturated rings. The zero-order chi connectivity index (χ0) is 23.2. The summed E-state index contributed by atoms with van der Waals surface area (Å²) in [4.78, 5) is 22.8. The lowest BCUT2D eigenvalue weighted by atomic mass is 10.1. The third kappa shape index (κ3) is 3.57. The maximum atomic E-state index is 5.53. The van der Waals surface area contributed by atoms with Gasteiger partial charge in [0.15, 0.2) is 17.3 Å². The Balaban J connectivity index is 1.34. The molecule has 0 N–H and O–H groups in total. The normalized spacial score (nSPS) is 13.5. The molecule has 0 atom stereocenters. The summed E-state index contributed by atoms with van der Waals surface area (Å²) in [5.74, 6) is 3.06. The van der Waals surface area contributed by atoms with Crippen LogP contribution in [-0.2, 0) is 13.6 Å².